The molecule has 0 saturated heterocycles. The number of aryl methyl sites for hydroxylation is 2. The molecule has 0 aliphatic heterocycles. The molecule has 1 amide bonds. The molecule has 7 heteroatoms. The van der Waals surface area contributed by atoms with Crippen LogP contribution in [-0.2, 0) is 4.79 Å². The van der Waals surface area contributed by atoms with E-state index >= 15 is 0 Å². The van der Waals surface area contributed by atoms with Gasteiger partial charge in [0.15, 0.2) is 6.61 Å². The third-order valence-corrected chi connectivity index (χ3v) is 4.73. The van der Waals surface area contributed by atoms with Gasteiger partial charge in [-0.2, -0.15) is 0 Å². The number of amides is 1. The maximum Gasteiger partial charge on any atom is 0.349 e. The summed E-state index contributed by atoms with van der Waals surface area (Å²) in [6, 6.07) is 11.7. The molecule has 1 heterocycles. The summed E-state index contributed by atoms with van der Waals surface area (Å²) >= 11 is 0. The Morgan fingerprint density at radius 1 is 1.03 bits per heavy atom. The quantitative estimate of drug-likeness (QED) is 0.352. The fraction of sp³-hybridized carbons (Fsp3) is 0.292. The average molecular weight is 423 g/mol. The number of carbonyl (C=O) groups excluding carboxylic acids is 2. The molecule has 1 aromatic heterocycles. The maximum atomic E-state index is 12.3. The number of carbonyl (C=O) groups is 2. The van der Waals surface area contributed by atoms with E-state index in [1.165, 1.54) is 12.1 Å². The van der Waals surface area contributed by atoms with E-state index in [9.17, 15) is 14.4 Å². The number of rotatable bonds is 7. The number of ether oxygens (including phenoxy) is 2. The highest BCUT2D eigenvalue weighted by atomic mass is 16.6. The topological polar surface area (TPSA) is 94.8 Å². The molecular formula is C24H25NO6. The summed E-state index contributed by atoms with van der Waals surface area (Å²) in [6.45, 7) is 7.41. The van der Waals surface area contributed by atoms with Crippen molar-refractivity contribution in [2.45, 2.75) is 40.2 Å². The van der Waals surface area contributed by atoms with Crippen LogP contribution in [0.5, 0.6) is 11.5 Å². The van der Waals surface area contributed by atoms with Gasteiger partial charge < -0.3 is 19.2 Å². The van der Waals surface area contributed by atoms with E-state index in [2.05, 4.69) is 5.32 Å². The molecule has 31 heavy (non-hydrogen) atoms. The van der Waals surface area contributed by atoms with E-state index in [4.69, 9.17) is 13.9 Å². The van der Waals surface area contributed by atoms with Gasteiger partial charge in [-0.3, -0.25) is 4.79 Å². The first kappa shape index (κ1) is 22.1. The summed E-state index contributed by atoms with van der Waals surface area (Å²) in [5.74, 6) is -0.280. The van der Waals surface area contributed by atoms with Crippen LogP contribution in [-0.4, -0.2) is 24.5 Å². The van der Waals surface area contributed by atoms with Crippen LogP contribution >= 0.6 is 0 Å². The van der Waals surface area contributed by atoms with E-state index in [-0.39, 0.29) is 29.5 Å². The minimum Gasteiger partial charge on any atom is -0.482 e. The summed E-state index contributed by atoms with van der Waals surface area (Å²) in [6.07, 6.45) is 0.743. The number of fused-ring (bicyclic) bond motifs is 1. The molecule has 7 nitrogen and oxygen atoms in total. The second-order valence-corrected chi connectivity index (χ2v) is 7.52. The minimum absolute atomic E-state index is 0.0599. The second-order valence-electron chi connectivity index (χ2n) is 7.52. The lowest BCUT2D eigenvalue weighted by atomic mass is 10.1. The Bertz CT molecular complexity index is 1160. The number of hydrogen-bond donors (Lipinski definition) is 1. The summed E-state index contributed by atoms with van der Waals surface area (Å²) in [5, 5.41) is 3.28. The van der Waals surface area contributed by atoms with Crippen LogP contribution in [0.15, 0.2) is 51.7 Å². The van der Waals surface area contributed by atoms with Gasteiger partial charge in [0.1, 0.15) is 22.6 Å². The lowest BCUT2D eigenvalue weighted by Crippen LogP contribution is -2.34. The Morgan fingerprint density at radius 3 is 2.42 bits per heavy atom. The van der Waals surface area contributed by atoms with Crippen molar-refractivity contribution in [3.8, 4) is 11.5 Å². The van der Waals surface area contributed by atoms with Crippen molar-refractivity contribution >= 4 is 22.8 Å². The maximum absolute atomic E-state index is 12.3. The molecule has 3 aromatic rings. The van der Waals surface area contributed by atoms with E-state index < -0.39 is 17.5 Å². The monoisotopic (exact) mass is 423 g/mol. The highest BCUT2D eigenvalue weighted by Gasteiger charge is 2.16. The second kappa shape index (κ2) is 9.47. The van der Waals surface area contributed by atoms with Crippen LogP contribution in [0.4, 0.5) is 0 Å². The zero-order valence-corrected chi connectivity index (χ0v) is 18.0. The molecule has 162 valence electrons. The number of nitrogens with one attached hydrogen (secondary N) is 1. The van der Waals surface area contributed by atoms with Gasteiger partial charge in [-0.1, -0.05) is 13.0 Å². The molecule has 1 atom stereocenters. The van der Waals surface area contributed by atoms with Gasteiger partial charge >= 0.3 is 11.6 Å². The molecule has 2 aromatic carbocycles. The van der Waals surface area contributed by atoms with Crippen molar-refractivity contribution in [1.82, 2.24) is 5.32 Å². The van der Waals surface area contributed by atoms with Crippen molar-refractivity contribution in [1.29, 1.82) is 0 Å². The molecule has 1 N–H and O–H groups in total. The number of hydrogen-bond acceptors (Lipinski definition) is 6. The molecule has 0 fully saturated rings. The number of esters is 1. The fourth-order valence-electron chi connectivity index (χ4n) is 3.04. The molecule has 0 bridgehead atoms. The lowest BCUT2D eigenvalue weighted by Gasteiger charge is -2.11. The SMILES string of the molecule is CCC(C)NC(=O)c1cc2ccc(OC(=O)COc3cc(C)cc(C)c3)cc2oc1=O. The molecule has 0 saturated carbocycles. The van der Waals surface area contributed by atoms with E-state index in [1.807, 2.05) is 45.9 Å². The van der Waals surface area contributed by atoms with E-state index in [0.29, 0.717) is 11.1 Å². The Morgan fingerprint density at radius 2 is 1.74 bits per heavy atom. The number of benzene rings is 2. The summed E-state index contributed by atoms with van der Waals surface area (Å²) in [7, 11) is 0. The summed E-state index contributed by atoms with van der Waals surface area (Å²) in [5.41, 5.74) is 1.45. The first-order valence-corrected chi connectivity index (χ1v) is 10.1. The molecule has 0 aliphatic rings. The Balaban J connectivity index is 1.70. The lowest BCUT2D eigenvalue weighted by molar-refractivity contribution is -0.136. The Hall–Kier alpha value is -3.61. The van der Waals surface area contributed by atoms with Crippen LogP contribution in [0.2, 0.25) is 0 Å². The van der Waals surface area contributed by atoms with Crippen LogP contribution in [0, 0.1) is 13.8 Å². The molecular weight excluding hydrogens is 398 g/mol. The Kier molecular flexibility index (Phi) is 6.74. The normalized spacial score (nSPS) is 11.7. The predicted octanol–water partition coefficient (Wildman–Crippen LogP) is 3.92. The standard InChI is InChI=1S/C24H25NO6/c1-5-16(4)25-23(27)20-11-17-6-7-18(12-21(17)31-24(20)28)30-22(26)13-29-19-9-14(2)8-15(3)10-19/h6-12,16H,5,13H2,1-4H3,(H,25,27). The zero-order valence-electron chi connectivity index (χ0n) is 18.0. The molecule has 0 spiro atoms. The van der Waals surface area contributed by atoms with Crippen LogP contribution < -0.4 is 20.4 Å². The van der Waals surface area contributed by atoms with Crippen molar-refractivity contribution < 1.29 is 23.5 Å². The smallest absolute Gasteiger partial charge is 0.349 e. The first-order valence-electron chi connectivity index (χ1n) is 10.1. The van der Waals surface area contributed by atoms with Gasteiger partial charge in [0.2, 0.25) is 0 Å². The van der Waals surface area contributed by atoms with Gasteiger partial charge in [-0.05, 0) is 68.7 Å². The minimum atomic E-state index is -0.755. The van der Waals surface area contributed by atoms with Crippen molar-refractivity contribution in [3.63, 3.8) is 0 Å². The zero-order chi connectivity index (χ0) is 22.5. The van der Waals surface area contributed by atoms with Gasteiger partial charge in [-0.25, -0.2) is 9.59 Å². The van der Waals surface area contributed by atoms with E-state index in [1.54, 1.807) is 12.1 Å². The third-order valence-electron chi connectivity index (χ3n) is 4.73. The summed E-state index contributed by atoms with van der Waals surface area (Å²) in [4.78, 5) is 36.6. The first-order chi connectivity index (χ1) is 14.7. The molecule has 0 aliphatic carbocycles. The largest absolute Gasteiger partial charge is 0.482 e. The van der Waals surface area contributed by atoms with Crippen LogP contribution in [0.25, 0.3) is 11.0 Å². The van der Waals surface area contributed by atoms with Gasteiger partial charge in [-0.15, -0.1) is 0 Å². The molecule has 1 unspecified atom stereocenters. The fourth-order valence-corrected chi connectivity index (χ4v) is 3.04. The van der Waals surface area contributed by atoms with Gasteiger partial charge in [0.05, 0.1) is 0 Å². The van der Waals surface area contributed by atoms with Crippen LogP contribution in [0.1, 0.15) is 41.8 Å². The predicted molar refractivity (Wildman–Crippen MR) is 117 cm³/mol. The molecule has 0 radical (unpaired) electrons. The van der Waals surface area contributed by atoms with Crippen molar-refractivity contribution in [2.75, 3.05) is 6.61 Å². The average Bonchev–Trinajstić information content (AvgIpc) is 2.70. The van der Waals surface area contributed by atoms with E-state index in [0.717, 1.165) is 17.5 Å². The highest BCUT2D eigenvalue weighted by molar-refractivity contribution is 5.97. The molecule has 3 rings (SSSR count). The van der Waals surface area contributed by atoms with Crippen LogP contribution in [0.3, 0.4) is 0 Å². The van der Waals surface area contributed by atoms with Gasteiger partial charge in [0, 0.05) is 17.5 Å². The highest BCUT2D eigenvalue weighted by Crippen LogP contribution is 2.21. The van der Waals surface area contributed by atoms with Crippen molar-refractivity contribution in [3.05, 3.63) is 69.6 Å². The Labute approximate surface area is 180 Å². The van der Waals surface area contributed by atoms with Crippen molar-refractivity contribution in [2.24, 2.45) is 0 Å². The summed E-state index contributed by atoms with van der Waals surface area (Å²) < 4.78 is 16.1. The van der Waals surface area contributed by atoms with Gasteiger partial charge in [0.25, 0.3) is 5.91 Å². The third kappa shape index (κ3) is 5.72.